The Morgan fingerprint density at radius 2 is 1.50 bits per heavy atom. The van der Waals surface area contributed by atoms with Crippen molar-refractivity contribution in [1.29, 1.82) is 0 Å². The molecule has 0 bridgehead atoms. The number of benzene rings is 2. The van der Waals surface area contributed by atoms with E-state index in [1.165, 1.54) is 0 Å². The highest BCUT2D eigenvalue weighted by molar-refractivity contribution is 5.94. The monoisotopic (exact) mass is 315 g/mol. The number of aliphatic imine (C=N–C) groups is 1. The first-order valence-electron chi connectivity index (χ1n) is 7.93. The van der Waals surface area contributed by atoms with Crippen molar-refractivity contribution in [3.63, 3.8) is 0 Å². The van der Waals surface area contributed by atoms with Crippen molar-refractivity contribution in [3.05, 3.63) is 66.9 Å². The van der Waals surface area contributed by atoms with Crippen molar-refractivity contribution in [2.24, 2.45) is 4.99 Å². The van der Waals surface area contributed by atoms with E-state index in [9.17, 15) is 0 Å². The molecule has 0 saturated carbocycles. The molecule has 0 spiro atoms. The number of nitrogens with zero attached hydrogens (tertiary/aromatic N) is 3. The lowest BCUT2D eigenvalue weighted by Gasteiger charge is -2.12. The topological polar surface area (TPSA) is 62.2 Å². The van der Waals surface area contributed by atoms with Gasteiger partial charge in [-0.2, -0.15) is 0 Å². The highest BCUT2D eigenvalue weighted by Crippen LogP contribution is 2.29. The number of rotatable bonds is 3. The Morgan fingerprint density at radius 3 is 2.12 bits per heavy atom. The van der Waals surface area contributed by atoms with Crippen LogP contribution in [0.2, 0.25) is 0 Å². The van der Waals surface area contributed by atoms with Crippen LogP contribution in [0.5, 0.6) is 0 Å². The van der Waals surface area contributed by atoms with Crippen molar-refractivity contribution < 1.29 is 0 Å². The Kier molecular flexibility index (Phi) is 3.90. The molecule has 1 aromatic heterocycles. The summed E-state index contributed by atoms with van der Waals surface area (Å²) in [5.41, 5.74) is 3.81. The third-order valence-corrected chi connectivity index (χ3v) is 3.79. The molecule has 0 radical (unpaired) electrons. The van der Waals surface area contributed by atoms with Gasteiger partial charge in [0, 0.05) is 17.7 Å². The van der Waals surface area contributed by atoms with Gasteiger partial charge in [0.05, 0.1) is 24.1 Å². The first-order chi connectivity index (χ1) is 11.9. The molecule has 0 saturated heterocycles. The Balaban J connectivity index is 1.79. The molecule has 0 amide bonds. The van der Waals surface area contributed by atoms with E-state index < -0.39 is 0 Å². The van der Waals surface area contributed by atoms with E-state index in [1.807, 2.05) is 60.7 Å². The van der Waals surface area contributed by atoms with Crippen molar-refractivity contribution >= 4 is 11.8 Å². The van der Waals surface area contributed by atoms with Gasteiger partial charge in [-0.15, -0.1) is 0 Å². The van der Waals surface area contributed by atoms with Gasteiger partial charge >= 0.3 is 0 Å². The van der Waals surface area contributed by atoms with Gasteiger partial charge in [-0.05, 0) is 0 Å². The van der Waals surface area contributed by atoms with Gasteiger partial charge in [-0.3, -0.25) is 9.98 Å². The molecule has 5 nitrogen and oxygen atoms in total. The van der Waals surface area contributed by atoms with E-state index in [2.05, 4.69) is 20.6 Å². The molecule has 2 aromatic carbocycles. The molecule has 0 atom stereocenters. The number of aromatic nitrogens is 2. The second-order valence-electron chi connectivity index (χ2n) is 5.47. The summed E-state index contributed by atoms with van der Waals surface area (Å²) in [4.78, 5) is 13.8. The molecule has 1 aliphatic heterocycles. The highest BCUT2D eigenvalue weighted by atomic mass is 15.2. The fourth-order valence-electron chi connectivity index (χ4n) is 2.66. The van der Waals surface area contributed by atoms with Crippen LogP contribution in [0.3, 0.4) is 0 Å². The summed E-state index contributed by atoms with van der Waals surface area (Å²) in [6.07, 6.45) is 1.75. The standard InChI is InChI=1S/C19H17N5/c1-3-7-14(8-4-1)17-18(15-9-5-2-6-10-15)23-16(13-22-17)24-19-20-11-12-21-19/h1-10,13H,11-12H2,(H2,20,21,23,24). The maximum absolute atomic E-state index is 4.79. The normalized spacial score (nSPS) is 13.2. The average Bonchev–Trinajstić information content (AvgIpc) is 3.16. The molecular formula is C19H17N5. The molecule has 2 heterocycles. The number of hydrogen-bond acceptors (Lipinski definition) is 5. The van der Waals surface area contributed by atoms with Gasteiger partial charge in [0.15, 0.2) is 11.8 Å². The molecule has 1 aliphatic rings. The van der Waals surface area contributed by atoms with Crippen LogP contribution in [0.25, 0.3) is 22.5 Å². The smallest absolute Gasteiger partial charge is 0.197 e. The largest absolute Gasteiger partial charge is 0.354 e. The Morgan fingerprint density at radius 1 is 0.833 bits per heavy atom. The van der Waals surface area contributed by atoms with Crippen LogP contribution in [0.1, 0.15) is 0 Å². The lowest BCUT2D eigenvalue weighted by Crippen LogP contribution is -2.26. The number of nitrogens with one attached hydrogen (secondary N) is 2. The zero-order valence-corrected chi connectivity index (χ0v) is 13.1. The van der Waals surface area contributed by atoms with Gasteiger partial charge < -0.3 is 10.6 Å². The van der Waals surface area contributed by atoms with Crippen LogP contribution in [-0.4, -0.2) is 29.0 Å². The van der Waals surface area contributed by atoms with E-state index in [1.54, 1.807) is 6.20 Å². The average molecular weight is 315 g/mol. The molecule has 118 valence electrons. The summed E-state index contributed by atoms with van der Waals surface area (Å²) in [6, 6.07) is 20.2. The molecule has 0 aliphatic carbocycles. The van der Waals surface area contributed by atoms with Gasteiger partial charge in [0.25, 0.3) is 0 Å². The fraction of sp³-hybridized carbons (Fsp3) is 0.105. The highest BCUT2D eigenvalue weighted by Gasteiger charge is 2.13. The van der Waals surface area contributed by atoms with Crippen LogP contribution < -0.4 is 10.6 Å². The van der Waals surface area contributed by atoms with E-state index in [4.69, 9.17) is 4.98 Å². The lowest BCUT2D eigenvalue weighted by molar-refractivity contribution is 0.958. The van der Waals surface area contributed by atoms with Crippen molar-refractivity contribution in [2.75, 3.05) is 18.4 Å². The van der Waals surface area contributed by atoms with Gasteiger partial charge in [-0.1, -0.05) is 60.7 Å². The number of anilines is 1. The molecule has 3 aromatic rings. The molecule has 2 N–H and O–H groups in total. The minimum atomic E-state index is 0.682. The van der Waals surface area contributed by atoms with Crippen molar-refractivity contribution in [3.8, 4) is 22.5 Å². The number of guanidine groups is 1. The zero-order valence-electron chi connectivity index (χ0n) is 13.1. The second-order valence-corrected chi connectivity index (χ2v) is 5.47. The predicted octanol–water partition coefficient (Wildman–Crippen LogP) is 3.18. The van der Waals surface area contributed by atoms with Crippen LogP contribution in [-0.2, 0) is 0 Å². The van der Waals surface area contributed by atoms with Crippen LogP contribution in [0, 0.1) is 0 Å². The first-order valence-corrected chi connectivity index (χ1v) is 7.93. The summed E-state index contributed by atoms with van der Waals surface area (Å²) in [6.45, 7) is 1.63. The van der Waals surface area contributed by atoms with E-state index in [0.29, 0.717) is 5.82 Å². The van der Waals surface area contributed by atoms with Gasteiger partial charge in [0.1, 0.15) is 0 Å². The summed E-state index contributed by atoms with van der Waals surface area (Å²) >= 11 is 0. The summed E-state index contributed by atoms with van der Waals surface area (Å²) < 4.78 is 0. The third-order valence-electron chi connectivity index (χ3n) is 3.79. The maximum Gasteiger partial charge on any atom is 0.197 e. The molecule has 4 rings (SSSR count). The third kappa shape index (κ3) is 2.96. The summed E-state index contributed by atoms with van der Waals surface area (Å²) in [5.74, 6) is 1.43. The number of hydrogen-bond donors (Lipinski definition) is 2. The van der Waals surface area contributed by atoms with Gasteiger partial charge in [0.2, 0.25) is 0 Å². The minimum absolute atomic E-state index is 0.682. The Labute approximate surface area is 140 Å². The minimum Gasteiger partial charge on any atom is -0.354 e. The molecule has 0 fully saturated rings. The van der Waals surface area contributed by atoms with E-state index in [0.717, 1.165) is 41.6 Å². The molecule has 24 heavy (non-hydrogen) atoms. The van der Waals surface area contributed by atoms with E-state index >= 15 is 0 Å². The van der Waals surface area contributed by atoms with E-state index in [-0.39, 0.29) is 0 Å². The van der Waals surface area contributed by atoms with Crippen molar-refractivity contribution in [2.45, 2.75) is 0 Å². The van der Waals surface area contributed by atoms with Crippen LogP contribution in [0.15, 0.2) is 71.9 Å². The first kappa shape index (κ1) is 14.4. The summed E-state index contributed by atoms with van der Waals surface area (Å²) in [7, 11) is 0. The fourth-order valence-corrected chi connectivity index (χ4v) is 2.66. The lowest BCUT2D eigenvalue weighted by atomic mass is 10.0. The van der Waals surface area contributed by atoms with Crippen LogP contribution in [0.4, 0.5) is 5.82 Å². The zero-order chi connectivity index (χ0) is 16.2. The summed E-state index contributed by atoms with van der Waals surface area (Å²) in [5, 5.41) is 6.38. The molecule has 5 heteroatoms. The Hall–Kier alpha value is -3.21. The second kappa shape index (κ2) is 6.50. The maximum atomic E-state index is 4.79. The van der Waals surface area contributed by atoms with Gasteiger partial charge in [-0.25, -0.2) is 4.98 Å². The SMILES string of the molecule is c1ccc(-c2ncc(NC3=NCCN3)nc2-c2ccccc2)cc1. The Bertz CT molecular complexity index is 859. The van der Waals surface area contributed by atoms with Crippen LogP contribution >= 0.6 is 0 Å². The van der Waals surface area contributed by atoms with Crippen molar-refractivity contribution in [1.82, 2.24) is 15.3 Å². The predicted molar refractivity (Wildman–Crippen MR) is 96.8 cm³/mol. The molecular weight excluding hydrogens is 298 g/mol. The molecule has 0 unspecified atom stereocenters. The quantitative estimate of drug-likeness (QED) is 0.779.